The lowest BCUT2D eigenvalue weighted by atomic mass is 10.1. The first-order valence-electron chi connectivity index (χ1n) is 11.2. The van der Waals surface area contributed by atoms with Gasteiger partial charge in [0, 0.05) is 16.0 Å². The van der Waals surface area contributed by atoms with Crippen LogP contribution in [0.15, 0.2) is 88.9 Å². The van der Waals surface area contributed by atoms with E-state index >= 15 is 0 Å². The van der Waals surface area contributed by atoms with E-state index < -0.39 is 5.91 Å². The maximum atomic E-state index is 12.5. The van der Waals surface area contributed by atoms with Crippen molar-refractivity contribution in [1.82, 2.24) is 5.43 Å². The fourth-order valence-electron chi connectivity index (χ4n) is 3.54. The van der Waals surface area contributed by atoms with Crippen LogP contribution in [0.25, 0.3) is 11.0 Å². The number of rotatable bonds is 10. The Hall–Kier alpha value is -4.03. The zero-order valence-electron chi connectivity index (χ0n) is 19.3. The number of hydrogen-bond donors (Lipinski definition) is 1. The number of furan rings is 1. The van der Waals surface area contributed by atoms with Crippen LogP contribution in [-0.2, 0) is 13.0 Å². The Balaban J connectivity index is 1.52. The third kappa shape index (κ3) is 6.11. The van der Waals surface area contributed by atoms with Crippen molar-refractivity contribution in [2.24, 2.45) is 5.10 Å². The molecular formula is C28H25ClN2O4. The quantitative estimate of drug-likeness (QED) is 0.156. The number of benzene rings is 3. The molecule has 3 aromatic carbocycles. The highest BCUT2D eigenvalue weighted by atomic mass is 35.5. The van der Waals surface area contributed by atoms with Crippen molar-refractivity contribution in [3.63, 3.8) is 0 Å². The fourth-order valence-corrected chi connectivity index (χ4v) is 3.67. The van der Waals surface area contributed by atoms with E-state index in [1.54, 1.807) is 18.4 Å². The molecule has 0 aliphatic heterocycles. The number of nitrogens with one attached hydrogen (secondary N) is 1. The van der Waals surface area contributed by atoms with Gasteiger partial charge in [-0.15, -0.1) is 6.58 Å². The van der Waals surface area contributed by atoms with Gasteiger partial charge in [0.2, 0.25) is 0 Å². The van der Waals surface area contributed by atoms with E-state index in [1.165, 1.54) is 0 Å². The standard InChI is InChI=1S/C28H25ClN2O4/c1-3-7-22-14-20(17-30-31-28(32)26-16-21-8-5-6-9-24(21)35-26)15-25(33-4-2)27(22)34-18-19-10-12-23(29)13-11-19/h3,5-6,8-17H,1,4,7,18H2,2H3,(H,31,32)/b30-17+. The molecule has 0 atom stereocenters. The summed E-state index contributed by atoms with van der Waals surface area (Å²) in [5.41, 5.74) is 5.78. The summed E-state index contributed by atoms with van der Waals surface area (Å²) >= 11 is 5.98. The van der Waals surface area contributed by atoms with Gasteiger partial charge >= 0.3 is 5.91 Å². The highest BCUT2D eigenvalue weighted by Crippen LogP contribution is 2.34. The second kappa shape index (κ2) is 11.4. The zero-order chi connectivity index (χ0) is 24.6. The number of halogens is 1. The second-order valence-electron chi connectivity index (χ2n) is 7.70. The van der Waals surface area contributed by atoms with Crippen molar-refractivity contribution >= 4 is 34.7 Å². The molecule has 1 heterocycles. The van der Waals surface area contributed by atoms with Crippen LogP contribution in [-0.4, -0.2) is 18.7 Å². The molecule has 4 aromatic rings. The Bertz CT molecular complexity index is 1330. The lowest BCUT2D eigenvalue weighted by Crippen LogP contribution is -2.16. The molecule has 1 amide bonds. The van der Waals surface area contributed by atoms with Crippen LogP contribution in [0.1, 0.15) is 34.2 Å². The highest BCUT2D eigenvalue weighted by Gasteiger charge is 2.14. The maximum absolute atomic E-state index is 12.5. The smallest absolute Gasteiger partial charge is 0.307 e. The molecule has 178 valence electrons. The summed E-state index contributed by atoms with van der Waals surface area (Å²) in [5.74, 6) is 0.990. The predicted octanol–water partition coefficient (Wildman–Crippen LogP) is 6.56. The first-order valence-corrected chi connectivity index (χ1v) is 11.5. The summed E-state index contributed by atoms with van der Waals surface area (Å²) in [7, 11) is 0. The summed E-state index contributed by atoms with van der Waals surface area (Å²) in [4.78, 5) is 12.5. The van der Waals surface area contributed by atoms with Crippen LogP contribution in [0, 0.1) is 0 Å². The van der Waals surface area contributed by atoms with Crippen LogP contribution in [0.2, 0.25) is 5.02 Å². The van der Waals surface area contributed by atoms with E-state index in [0.717, 1.165) is 22.1 Å². The van der Waals surface area contributed by atoms with Crippen molar-refractivity contribution in [2.75, 3.05) is 6.61 Å². The molecule has 0 unspecified atom stereocenters. The minimum absolute atomic E-state index is 0.191. The fraction of sp³-hybridized carbons (Fsp3) is 0.143. The van der Waals surface area contributed by atoms with Gasteiger partial charge in [-0.3, -0.25) is 4.79 Å². The van der Waals surface area contributed by atoms with E-state index in [-0.39, 0.29) is 5.76 Å². The number of allylic oxidation sites excluding steroid dienone is 1. The molecule has 0 aliphatic carbocycles. The average molecular weight is 489 g/mol. The Morgan fingerprint density at radius 1 is 1.11 bits per heavy atom. The van der Waals surface area contributed by atoms with Gasteiger partial charge in [-0.25, -0.2) is 5.43 Å². The second-order valence-corrected chi connectivity index (χ2v) is 8.13. The minimum Gasteiger partial charge on any atom is -0.490 e. The van der Waals surface area contributed by atoms with Crippen molar-refractivity contribution in [3.05, 3.63) is 107 Å². The molecule has 0 radical (unpaired) electrons. The molecule has 0 spiro atoms. The average Bonchev–Trinajstić information content (AvgIpc) is 3.30. The summed E-state index contributed by atoms with van der Waals surface area (Å²) in [6, 6.07) is 20.4. The number of nitrogens with zero attached hydrogens (tertiary/aromatic N) is 1. The summed E-state index contributed by atoms with van der Waals surface area (Å²) in [5, 5.41) is 5.63. The predicted molar refractivity (Wildman–Crippen MR) is 139 cm³/mol. The molecule has 4 rings (SSSR count). The van der Waals surface area contributed by atoms with E-state index in [4.69, 9.17) is 25.5 Å². The number of hydrazone groups is 1. The van der Waals surface area contributed by atoms with Gasteiger partial charge < -0.3 is 13.9 Å². The third-order valence-electron chi connectivity index (χ3n) is 5.14. The molecule has 35 heavy (non-hydrogen) atoms. The van der Waals surface area contributed by atoms with Crippen molar-refractivity contribution in [3.8, 4) is 11.5 Å². The Labute approximate surface area is 208 Å². The van der Waals surface area contributed by atoms with Crippen LogP contribution in [0.5, 0.6) is 11.5 Å². The van der Waals surface area contributed by atoms with Gasteiger partial charge in [0.1, 0.15) is 12.2 Å². The van der Waals surface area contributed by atoms with Gasteiger partial charge in [-0.2, -0.15) is 5.10 Å². The highest BCUT2D eigenvalue weighted by molar-refractivity contribution is 6.30. The third-order valence-corrected chi connectivity index (χ3v) is 5.40. The lowest BCUT2D eigenvalue weighted by Gasteiger charge is -2.17. The van der Waals surface area contributed by atoms with Crippen molar-refractivity contribution in [1.29, 1.82) is 0 Å². The topological polar surface area (TPSA) is 73.1 Å². The maximum Gasteiger partial charge on any atom is 0.307 e. The van der Waals surface area contributed by atoms with Gasteiger partial charge in [0.15, 0.2) is 17.3 Å². The summed E-state index contributed by atoms with van der Waals surface area (Å²) in [6.45, 7) is 6.59. The Morgan fingerprint density at radius 3 is 2.66 bits per heavy atom. The van der Waals surface area contributed by atoms with Crippen LogP contribution in [0.4, 0.5) is 0 Å². The molecule has 6 nitrogen and oxygen atoms in total. The van der Waals surface area contributed by atoms with E-state index in [1.807, 2.05) is 67.6 Å². The monoisotopic (exact) mass is 488 g/mol. The van der Waals surface area contributed by atoms with E-state index in [2.05, 4.69) is 17.1 Å². The molecule has 0 fully saturated rings. The van der Waals surface area contributed by atoms with Crippen molar-refractivity contribution < 1.29 is 18.7 Å². The number of carbonyl (C=O) groups is 1. The first kappa shape index (κ1) is 24.1. The summed E-state index contributed by atoms with van der Waals surface area (Å²) in [6.07, 6.45) is 3.92. The number of amides is 1. The lowest BCUT2D eigenvalue weighted by molar-refractivity contribution is 0.0929. The molecule has 0 saturated heterocycles. The first-order chi connectivity index (χ1) is 17.1. The molecule has 7 heteroatoms. The Morgan fingerprint density at radius 2 is 1.91 bits per heavy atom. The minimum atomic E-state index is -0.434. The summed E-state index contributed by atoms with van der Waals surface area (Å²) < 4.78 is 17.6. The Kier molecular flexibility index (Phi) is 7.85. The number of fused-ring (bicyclic) bond motifs is 1. The van der Waals surface area contributed by atoms with E-state index in [9.17, 15) is 4.79 Å². The van der Waals surface area contributed by atoms with Gasteiger partial charge in [0.05, 0.1) is 12.8 Å². The largest absolute Gasteiger partial charge is 0.490 e. The van der Waals surface area contributed by atoms with Gasteiger partial charge in [-0.05, 0) is 60.9 Å². The molecule has 1 aromatic heterocycles. The number of carbonyl (C=O) groups excluding carboxylic acids is 1. The van der Waals surface area contributed by atoms with Gasteiger partial charge in [0.25, 0.3) is 0 Å². The van der Waals surface area contributed by atoms with Gasteiger partial charge in [-0.1, -0.05) is 48.0 Å². The molecular weight excluding hydrogens is 464 g/mol. The van der Waals surface area contributed by atoms with Crippen molar-refractivity contribution in [2.45, 2.75) is 20.0 Å². The zero-order valence-corrected chi connectivity index (χ0v) is 20.0. The molecule has 1 N–H and O–H groups in total. The normalized spacial score (nSPS) is 11.0. The number of para-hydroxylation sites is 1. The molecule has 0 saturated carbocycles. The SMILES string of the molecule is C=CCc1cc(/C=N/NC(=O)c2cc3ccccc3o2)cc(OCC)c1OCc1ccc(Cl)cc1. The number of ether oxygens (including phenoxy) is 2. The van der Waals surface area contributed by atoms with Crippen LogP contribution < -0.4 is 14.9 Å². The molecule has 0 aliphatic rings. The number of hydrogen-bond acceptors (Lipinski definition) is 5. The van der Waals surface area contributed by atoms with Crippen LogP contribution in [0.3, 0.4) is 0 Å². The van der Waals surface area contributed by atoms with E-state index in [0.29, 0.717) is 41.7 Å². The molecule has 0 bridgehead atoms. The van der Waals surface area contributed by atoms with Crippen LogP contribution >= 0.6 is 11.6 Å².